The molecule has 1 aliphatic heterocycles. The van der Waals surface area contributed by atoms with Crippen molar-refractivity contribution in [2.45, 2.75) is 5.72 Å². The fourth-order valence-corrected chi connectivity index (χ4v) is 0.743. The van der Waals surface area contributed by atoms with E-state index in [9.17, 15) is 0 Å². The van der Waals surface area contributed by atoms with E-state index in [-0.39, 0.29) is 0 Å². The molecule has 0 spiro atoms. The highest BCUT2D eigenvalue weighted by Crippen LogP contribution is 2.16. The second-order valence-electron chi connectivity index (χ2n) is 2.06. The zero-order valence-corrected chi connectivity index (χ0v) is 6.09. The predicted octanol–water partition coefficient (Wildman–Crippen LogP) is -0.385. The number of nitrogens with two attached hydrogens (primary N) is 1. The predicted molar refractivity (Wildman–Crippen MR) is 38.6 cm³/mol. The molecule has 1 radical (unpaired) electrons. The monoisotopic (exact) mass is 150 g/mol. The molecule has 4 nitrogen and oxygen atoms in total. The van der Waals surface area contributed by atoms with Gasteiger partial charge in [-0.25, -0.2) is 0 Å². The van der Waals surface area contributed by atoms with E-state index in [2.05, 4.69) is 11.4 Å². The molecule has 0 fully saturated rings. The molecule has 0 bridgehead atoms. The third-order valence-electron chi connectivity index (χ3n) is 1.44. The van der Waals surface area contributed by atoms with Gasteiger partial charge in [0, 0.05) is 25.6 Å². The smallest absolute Gasteiger partial charge is 0.181 e. The average Bonchev–Trinajstić information content (AvgIpc) is 2.05. The maximum atomic E-state index is 8.59. The molecule has 0 saturated heterocycles. The first kappa shape index (κ1) is 7.79. The topological polar surface area (TPSA) is 71.1 Å². The number of dihydropyridines is 1. The summed E-state index contributed by atoms with van der Waals surface area (Å²) in [6.07, 6.45) is 5.67. The number of hydrogen-bond acceptors (Lipinski definition) is 4. The Bertz CT molecular complexity index is 251. The molecule has 0 amide bonds. The van der Waals surface area contributed by atoms with Gasteiger partial charge in [0.25, 0.3) is 0 Å². The van der Waals surface area contributed by atoms with Crippen molar-refractivity contribution >= 4 is 0 Å². The van der Waals surface area contributed by atoms with Crippen molar-refractivity contribution in [2.75, 3.05) is 7.11 Å². The number of ether oxygens (including phenoxy) is 1. The molecular formula is C7H8N3O. The molecule has 1 unspecified atom stereocenters. The number of rotatable bonds is 1. The maximum Gasteiger partial charge on any atom is 0.181 e. The van der Waals surface area contributed by atoms with Gasteiger partial charge in [-0.05, 0) is 0 Å². The van der Waals surface area contributed by atoms with Gasteiger partial charge in [-0.1, -0.05) is 0 Å². The molecule has 0 aromatic carbocycles. The highest BCUT2D eigenvalue weighted by molar-refractivity contribution is 5.35. The minimum absolute atomic E-state index is 0.308. The number of nitrogens with one attached hydrogen (secondary N) is 1. The van der Waals surface area contributed by atoms with Crippen LogP contribution in [0.25, 0.3) is 0 Å². The van der Waals surface area contributed by atoms with Crippen LogP contribution in [0.2, 0.25) is 0 Å². The zero-order valence-electron chi connectivity index (χ0n) is 6.09. The molecule has 0 saturated carbocycles. The van der Waals surface area contributed by atoms with Crippen LogP contribution < -0.4 is 11.1 Å². The van der Waals surface area contributed by atoms with Crippen LogP contribution in [0.4, 0.5) is 0 Å². The Hall–Kier alpha value is -1.31. The molecule has 57 valence electrons. The van der Waals surface area contributed by atoms with E-state index in [1.165, 1.54) is 19.5 Å². The first-order valence-corrected chi connectivity index (χ1v) is 3.03. The molecule has 1 rings (SSSR count). The summed E-state index contributed by atoms with van der Waals surface area (Å²) in [5, 5.41) is 11.3. The largest absolute Gasteiger partial charge is 0.366 e. The van der Waals surface area contributed by atoms with E-state index in [4.69, 9.17) is 15.7 Å². The van der Waals surface area contributed by atoms with Crippen LogP contribution in [0, 0.1) is 17.4 Å². The lowest BCUT2D eigenvalue weighted by molar-refractivity contribution is 0.0648. The fourth-order valence-electron chi connectivity index (χ4n) is 0.743. The normalized spacial score (nSPS) is 28.6. The second kappa shape index (κ2) is 2.74. The summed E-state index contributed by atoms with van der Waals surface area (Å²) in [6.45, 7) is 0. The van der Waals surface area contributed by atoms with Gasteiger partial charge < -0.3 is 10.1 Å². The van der Waals surface area contributed by atoms with Gasteiger partial charge in [-0.15, -0.1) is 0 Å². The van der Waals surface area contributed by atoms with Crippen molar-refractivity contribution in [1.29, 1.82) is 5.26 Å². The van der Waals surface area contributed by atoms with Crippen LogP contribution in [0.5, 0.6) is 0 Å². The number of hydrogen-bond donors (Lipinski definition) is 2. The lowest BCUT2D eigenvalue weighted by Gasteiger charge is -2.24. The van der Waals surface area contributed by atoms with Crippen LogP contribution in [-0.4, -0.2) is 12.8 Å². The summed E-state index contributed by atoms with van der Waals surface area (Å²) in [5.41, 5.74) is 4.75. The summed E-state index contributed by atoms with van der Waals surface area (Å²) in [7, 11) is 1.43. The van der Waals surface area contributed by atoms with Crippen molar-refractivity contribution in [2.24, 2.45) is 5.73 Å². The highest BCUT2D eigenvalue weighted by atomic mass is 16.5. The first-order chi connectivity index (χ1) is 5.23. The molecule has 1 heterocycles. The summed E-state index contributed by atoms with van der Waals surface area (Å²) in [4.78, 5) is 0. The quantitative estimate of drug-likeness (QED) is 0.499. The van der Waals surface area contributed by atoms with Gasteiger partial charge in [0.15, 0.2) is 5.72 Å². The molecule has 0 aliphatic carbocycles. The van der Waals surface area contributed by atoms with Crippen LogP contribution >= 0.6 is 0 Å². The molecule has 0 aromatic heterocycles. The first-order valence-electron chi connectivity index (χ1n) is 3.03. The number of nitrogens with zero attached hydrogens (tertiary/aromatic N) is 1. The van der Waals surface area contributed by atoms with Gasteiger partial charge >= 0.3 is 0 Å². The van der Waals surface area contributed by atoms with Crippen molar-refractivity contribution < 1.29 is 4.74 Å². The van der Waals surface area contributed by atoms with Crippen molar-refractivity contribution in [3.05, 3.63) is 24.0 Å². The number of nitriles is 1. The Morgan fingerprint density at radius 3 is 3.09 bits per heavy atom. The molecule has 1 aliphatic rings. The van der Waals surface area contributed by atoms with E-state index in [0.29, 0.717) is 5.57 Å². The third-order valence-corrected chi connectivity index (χ3v) is 1.44. The molecule has 1 atom stereocenters. The standard InChI is InChI=1S/C7H8N3O/c1-11-7(9)2-3-10-5-6(7)4-8/h3,5,10H,9H2,1H3. The second-order valence-corrected chi connectivity index (χ2v) is 2.06. The van der Waals surface area contributed by atoms with Crippen LogP contribution in [-0.2, 0) is 4.74 Å². The van der Waals surface area contributed by atoms with Gasteiger partial charge in [-0.3, -0.25) is 5.73 Å². The van der Waals surface area contributed by atoms with Crippen molar-refractivity contribution in [3.8, 4) is 6.07 Å². The minimum Gasteiger partial charge on any atom is -0.366 e. The van der Waals surface area contributed by atoms with Crippen LogP contribution in [0.1, 0.15) is 0 Å². The van der Waals surface area contributed by atoms with Gasteiger partial charge in [-0.2, -0.15) is 5.26 Å². The molecule has 11 heavy (non-hydrogen) atoms. The van der Waals surface area contributed by atoms with E-state index < -0.39 is 5.72 Å². The molecular weight excluding hydrogens is 142 g/mol. The summed E-state index contributed by atoms with van der Waals surface area (Å²) >= 11 is 0. The molecule has 0 aromatic rings. The minimum atomic E-state index is -1.18. The molecule has 3 N–H and O–H groups in total. The van der Waals surface area contributed by atoms with Gasteiger partial charge in [0.2, 0.25) is 0 Å². The SMILES string of the molecule is COC1(N)[C]=CNC=C1C#N. The lowest BCUT2D eigenvalue weighted by Crippen LogP contribution is -2.44. The van der Waals surface area contributed by atoms with E-state index in [0.717, 1.165) is 0 Å². The average molecular weight is 150 g/mol. The lowest BCUT2D eigenvalue weighted by atomic mass is 10.0. The van der Waals surface area contributed by atoms with Gasteiger partial charge in [0.1, 0.15) is 6.07 Å². The Kier molecular flexibility index (Phi) is 1.94. The Morgan fingerprint density at radius 1 is 1.91 bits per heavy atom. The van der Waals surface area contributed by atoms with Crippen molar-refractivity contribution in [3.63, 3.8) is 0 Å². The van der Waals surface area contributed by atoms with E-state index >= 15 is 0 Å². The Morgan fingerprint density at radius 2 is 2.64 bits per heavy atom. The van der Waals surface area contributed by atoms with Gasteiger partial charge in [0.05, 0.1) is 5.57 Å². The number of methoxy groups -OCH3 is 1. The Labute approximate surface area is 64.9 Å². The summed E-state index contributed by atoms with van der Waals surface area (Å²) in [6, 6.07) is 1.91. The summed E-state index contributed by atoms with van der Waals surface area (Å²) in [5.74, 6) is 0. The van der Waals surface area contributed by atoms with Crippen LogP contribution in [0.15, 0.2) is 18.0 Å². The van der Waals surface area contributed by atoms with E-state index in [1.807, 2.05) is 6.07 Å². The summed E-state index contributed by atoms with van der Waals surface area (Å²) < 4.78 is 4.89. The Balaban J connectivity index is 2.94. The van der Waals surface area contributed by atoms with E-state index in [1.54, 1.807) is 0 Å². The maximum absolute atomic E-state index is 8.59. The highest BCUT2D eigenvalue weighted by Gasteiger charge is 2.28. The molecule has 4 heteroatoms. The third kappa shape index (κ3) is 1.24. The van der Waals surface area contributed by atoms with Crippen LogP contribution in [0.3, 0.4) is 0 Å². The zero-order chi connectivity index (χ0) is 8.32. The fraction of sp³-hybridized carbons (Fsp3) is 0.286. The van der Waals surface area contributed by atoms with Crippen molar-refractivity contribution in [1.82, 2.24) is 5.32 Å².